The van der Waals surface area contributed by atoms with Crippen molar-refractivity contribution < 1.29 is 13.5 Å². The maximum atomic E-state index is 12.7. The van der Waals surface area contributed by atoms with E-state index in [2.05, 4.69) is 0 Å². The molecule has 1 heterocycles. The standard InChI is InChI=1S/C13H18N2O3S2/c1-9-8-15(7-6-11(9)16)20(17,18)12-5-3-2-4-10(12)13(14)19/h2-5,9,11,16H,6-8H2,1H3,(H2,14,19). The lowest BCUT2D eigenvalue weighted by Crippen LogP contribution is -2.45. The number of sulfonamides is 1. The molecule has 110 valence electrons. The molecule has 2 unspecified atom stereocenters. The number of hydrogen-bond acceptors (Lipinski definition) is 4. The fourth-order valence-electron chi connectivity index (χ4n) is 2.35. The van der Waals surface area contributed by atoms with E-state index in [0.717, 1.165) is 0 Å². The molecule has 7 heteroatoms. The summed E-state index contributed by atoms with van der Waals surface area (Å²) in [5.41, 5.74) is 5.96. The van der Waals surface area contributed by atoms with E-state index in [9.17, 15) is 13.5 Å². The summed E-state index contributed by atoms with van der Waals surface area (Å²) in [6.45, 7) is 2.44. The first-order valence-electron chi connectivity index (χ1n) is 6.41. The van der Waals surface area contributed by atoms with Crippen LogP contribution in [-0.2, 0) is 10.0 Å². The number of aliphatic hydroxyl groups is 1. The van der Waals surface area contributed by atoms with E-state index in [1.54, 1.807) is 18.2 Å². The van der Waals surface area contributed by atoms with Crippen LogP contribution in [0.4, 0.5) is 0 Å². The van der Waals surface area contributed by atoms with Crippen molar-refractivity contribution in [2.75, 3.05) is 13.1 Å². The zero-order valence-corrected chi connectivity index (χ0v) is 12.8. The minimum Gasteiger partial charge on any atom is -0.393 e. The lowest BCUT2D eigenvalue weighted by molar-refractivity contribution is 0.0628. The molecule has 1 saturated heterocycles. The summed E-state index contributed by atoms with van der Waals surface area (Å²) in [6, 6.07) is 6.48. The Labute approximate surface area is 124 Å². The highest BCUT2D eigenvalue weighted by atomic mass is 32.2. The molecular weight excluding hydrogens is 296 g/mol. The summed E-state index contributed by atoms with van der Waals surface area (Å²) in [5.74, 6) is -0.0875. The van der Waals surface area contributed by atoms with Crippen LogP contribution in [-0.4, -0.2) is 42.0 Å². The fourth-order valence-corrected chi connectivity index (χ4v) is 4.35. The van der Waals surface area contributed by atoms with Crippen molar-refractivity contribution in [3.63, 3.8) is 0 Å². The van der Waals surface area contributed by atoms with E-state index < -0.39 is 16.1 Å². The van der Waals surface area contributed by atoms with Crippen LogP contribution in [0.2, 0.25) is 0 Å². The predicted octanol–water partition coefficient (Wildman–Crippen LogP) is 0.712. The second-order valence-electron chi connectivity index (χ2n) is 5.06. The van der Waals surface area contributed by atoms with E-state index >= 15 is 0 Å². The maximum absolute atomic E-state index is 12.7. The first kappa shape index (κ1) is 15.4. The molecule has 1 aliphatic rings. The molecule has 2 atom stereocenters. The van der Waals surface area contributed by atoms with Crippen molar-refractivity contribution in [3.05, 3.63) is 29.8 Å². The largest absolute Gasteiger partial charge is 0.393 e. The molecule has 0 bridgehead atoms. The van der Waals surface area contributed by atoms with Gasteiger partial charge in [-0.1, -0.05) is 37.3 Å². The monoisotopic (exact) mass is 314 g/mol. The minimum absolute atomic E-state index is 0.0641. The summed E-state index contributed by atoms with van der Waals surface area (Å²) in [7, 11) is -3.64. The molecule has 1 aromatic rings. The number of thiocarbonyl (C=S) groups is 1. The van der Waals surface area contributed by atoms with Crippen molar-refractivity contribution in [3.8, 4) is 0 Å². The number of piperidine rings is 1. The van der Waals surface area contributed by atoms with Gasteiger partial charge in [0.2, 0.25) is 10.0 Å². The second-order valence-corrected chi connectivity index (χ2v) is 7.40. The highest BCUT2D eigenvalue weighted by Gasteiger charge is 2.33. The Morgan fingerprint density at radius 2 is 2.10 bits per heavy atom. The summed E-state index contributed by atoms with van der Waals surface area (Å²) in [5, 5.41) is 9.71. The molecule has 0 saturated carbocycles. The van der Waals surface area contributed by atoms with Crippen LogP contribution in [0.1, 0.15) is 18.9 Å². The Morgan fingerprint density at radius 3 is 2.70 bits per heavy atom. The van der Waals surface area contributed by atoms with Gasteiger partial charge in [0.15, 0.2) is 0 Å². The van der Waals surface area contributed by atoms with Crippen molar-refractivity contribution in [1.29, 1.82) is 0 Å². The zero-order valence-electron chi connectivity index (χ0n) is 11.2. The molecule has 1 fully saturated rings. The number of nitrogens with zero attached hydrogens (tertiary/aromatic N) is 1. The number of nitrogens with two attached hydrogens (primary N) is 1. The minimum atomic E-state index is -3.64. The van der Waals surface area contributed by atoms with E-state index in [0.29, 0.717) is 25.1 Å². The summed E-state index contributed by atoms with van der Waals surface area (Å²) in [4.78, 5) is 0.199. The van der Waals surface area contributed by atoms with Gasteiger partial charge in [-0.3, -0.25) is 0 Å². The van der Waals surface area contributed by atoms with Gasteiger partial charge in [0.25, 0.3) is 0 Å². The van der Waals surface area contributed by atoms with Gasteiger partial charge < -0.3 is 10.8 Å². The van der Waals surface area contributed by atoms with E-state index in [-0.39, 0.29) is 15.8 Å². The Balaban J connectivity index is 2.39. The number of hydrogen-bond donors (Lipinski definition) is 2. The lowest BCUT2D eigenvalue weighted by Gasteiger charge is -2.33. The van der Waals surface area contributed by atoms with Crippen LogP contribution in [0.15, 0.2) is 29.2 Å². The summed E-state index contributed by atoms with van der Waals surface area (Å²) < 4.78 is 26.8. The topological polar surface area (TPSA) is 83.6 Å². The molecule has 1 aliphatic heterocycles. The van der Waals surface area contributed by atoms with E-state index in [1.807, 2.05) is 6.92 Å². The van der Waals surface area contributed by atoms with Crippen LogP contribution >= 0.6 is 12.2 Å². The molecule has 0 amide bonds. The summed E-state index contributed by atoms with van der Waals surface area (Å²) in [6.07, 6.45) is -0.0115. The van der Waals surface area contributed by atoms with Gasteiger partial charge in [-0.25, -0.2) is 8.42 Å². The Bertz CT molecular complexity index is 616. The van der Waals surface area contributed by atoms with Crippen LogP contribution < -0.4 is 5.73 Å². The number of benzene rings is 1. The molecule has 20 heavy (non-hydrogen) atoms. The van der Waals surface area contributed by atoms with Gasteiger partial charge >= 0.3 is 0 Å². The molecule has 1 aromatic carbocycles. The predicted molar refractivity (Wildman–Crippen MR) is 80.9 cm³/mol. The third kappa shape index (κ3) is 2.85. The van der Waals surface area contributed by atoms with Crippen LogP contribution in [0, 0.1) is 5.92 Å². The van der Waals surface area contributed by atoms with Crippen LogP contribution in [0.25, 0.3) is 0 Å². The van der Waals surface area contributed by atoms with Crippen molar-refractivity contribution >= 4 is 27.2 Å². The Kier molecular flexibility index (Phi) is 4.43. The third-order valence-corrected chi connectivity index (χ3v) is 5.74. The molecule has 0 aliphatic carbocycles. The highest BCUT2D eigenvalue weighted by Crippen LogP contribution is 2.25. The Hall–Kier alpha value is -1.02. The molecule has 2 rings (SSSR count). The molecule has 0 aromatic heterocycles. The normalized spacial score (nSPS) is 24.5. The van der Waals surface area contributed by atoms with E-state index in [4.69, 9.17) is 18.0 Å². The molecule has 0 radical (unpaired) electrons. The second kappa shape index (κ2) is 5.77. The first-order valence-corrected chi connectivity index (χ1v) is 8.26. The molecule has 5 nitrogen and oxygen atoms in total. The zero-order chi connectivity index (χ0) is 14.9. The SMILES string of the molecule is CC1CN(S(=O)(=O)c2ccccc2C(N)=S)CCC1O. The average Bonchev–Trinajstić information content (AvgIpc) is 2.41. The smallest absolute Gasteiger partial charge is 0.243 e. The molecule has 0 spiro atoms. The maximum Gasteiger partial charge on any atom is 0.243 e. The van der Waals surface area contributed by atoms with Gasteiger partial charge in [0, 0.05) is 18.7 Å². The van der Waals surface area contributed by atoms with E-state index in [1.165, 1.54) is 10.4 Å². The van der Waals surface area contributed by atoms with Gasteiger partial charge in [0.05, 0.1) is 11.0 Å². The van der Waals surface area contributed by atoms with Gasteiger partial charge in [0.1, 0.15) is 4.99 Å². The first-order chi connectivity index (χ1) is 9.34. The number of rotatable bonds is 3. The quantitative estimate of drug-likeness (QED) is 0.803. The van der Waals surface area contributed by atoms with Crippen LogP contribution in [0.5, 0.6) is 0 Å². The molecule has 3 N–H and O–H groups in total. The van der Waals surface area contributed by atoms with Crippen LogP contribution in [0.3, 0.4) is 0 Å². The molecular formula is C13H18N2O3S2. The fraction of sp³-hybridized carbons (Fsp3) is 0.462. The van der Waals surface area contributed by atoms with Crippen molar-refractivity contribution in [1.82, 2.24) is 4.31 Å². The van der Waals surface area contributed by atoms with Crippen molar-refractivity contribution in [2.24, 2.45) is 11.7 Å². The van der Waals surface area contributed by atoms with Gasteiger partial charge in [-0.2, -0.15) is 4.31 Å². The number of aliphatic hydroxyl groups excluding tert-OH is 1. The average molecular weight is 314 g/mol. The lowest BCUT2D eigenvalue weighted by atomic mass is 9.99. The highest BCUT2D eigenvalue weighted by molar-refractivity contribution is 7.89. The third-order valence-electron chi connectivity index (χ3n) is 3.59. The summed E-state index contributed by atoms with van der Waals surface area (Å²) >= 11 is 4.92. The Morgan fingerprint density at radius 1 is 1.45 bits per heavy atom. The van der Waals surface area contributed by atoms with Gasteiger partial charge in [-0.05, 0) is 18.4 Å². The van der Waals surface area contributed by atoms with Crippen molar-refractivity contribution in [2.45, 2.75) is 24.3 Å². The van der Waals surface area contributed by atoms with Gasteiger partial charge in [-0.15, -0.1) is 0 Å².